The quantitative estimate of drug-likeness (QED) is 0.431. The van der Waals surface area contributed by atoms with Gasteiger partial charge < -0.3 is 9.64 Å². The van der Waals surface area contributed by atoms with Gasteiger partial charge >= 0.3 is 6.01 Å². The maximum Gasteiger partial charge on any atom is 0.316 e. The Morgan fingerprint density at radius 2 is 1.91 bits per heavy atom. The Kier molecular flexibility index (Phi) is 6.43. The molecular weight excluding hydrogens is 450 g/mol. The maximum atomic E-state index is 14.3. The fourth-order valence-electron chi connectivity index (χ4n) is 6.40. The van der Waals surface area contributed by atoms with Crippen molar-refractivity contribution in [2.75, 3.05) is 13.2 Å². The van der Waals surface area contributed by atoms with Crippen LogP contribution in [-0.4, -0.2) is 40.1 Å². The zero-order valence-electron chi connectivity index (χ0n) is 19.8. The van der Waals surface area contributed by atoms with Crippen LogP contribution in [0.15, 0.2) is 36.7 Å². The third-order valence-electron chi connectivity index (χ3n) is 7.93. The molecular formula is C27H30F2N4O2. The summed E-state index contributed by atoms with van der Waals surface area (Å²) in [6.45, 7) is 0.664. The number of likely N-dealkylation sites (tertiary alicyclic amines) is 1. The average Bonchev–Trinajstić information content (AvgIpc) is 3.20. The number of alkyl halides is 1. The summed E-state index contributed by atoms with van der Waals surface area (Å²) in [6.07, 6.45) is 10.1. The highest BCUT2D eigenvalue weighted by Gasteiger charge is 2.71. The summed E-state index contributed by atoms with van der Waals surface area (Å²) in [5, 5.41) is 8.75. The molecule has 3 aliphatic carbocycles. The number of benzene rings is 1. The van der Waals surface area contributed by atoms with E-state index in [4.69, 9.17) is 10.00 Å². The van der Waals surface area contributed by atoms with Crippen molar-refractivity contribution >= 4 is 5.91 Å². The SMILES string of the molecule is N#Cc1cnc(OCCCCCCC23CC(C(=O)N4CC(F)CC4c4cccc(F)c4)(C2)C3)nc1. The van der Waals surface area contributed by atoms with Gasteiger partial charge in [-0.25, -0.2) is 18.7 Å². The number of unbranched alkanes of at least 4 members (excludes halogenated alkanes) is 3. The van der Waals surface area contributed by atoms with Crippen LogP contribution >= 0.6 is 0 Å². The number of hydrogen-bond acceptors (Lipinski definition) is 5. The Bertz CT molecular complexity index is 1100. The van der Waals surface area contributed by atoms with Gasteiger partial charge in [0, 0.05) is 6.42 Å². The third kappa shape index (κ3) is 4.73. The summed E-state index contributed by atoms with van der Waals surface area (Å²) in [5.74, 6) is -0.285. The summed E-state index contributed by atoms with van der Waals surface area (Å²) in [4.78, 5) is 23.0. The first kappa shape index (κ1) is 23.7. The largest absolute Gasteiger partial charge is 0.463 e. The molecule has 3 saturated carbocycles. The standard InChI is InChI=1S/C27H30F2N4O2/c28-21-7-5-6-20(10-21)23-11-22(29)15-33(23)24(34)27-16-26(17-27,18-27)8-3-1-2-4-9-35-25-31-13-19(12-30)14-32-25/h5-7,10,13-14,22-23H,1-4,8-9,11,15-18H2. The lowest BCUT2D eigenvalue weighted by Gasteiger charge is -2.70. The van der Waals surface area contributed by atoms with Crippen LogP contribution in [0.4, 0.5) is 8.78 Å². The number of ether oxygens (including phenoxy) is 1. The molecule has 2 unspecified atom stereocenters. The van der Waals surface area contributed by atoms with Crippen molar-refractivity contribution in [1.82, 2.24) is 14.9 Å². The normalized spacial score (nSPS) is 28.7. The van der Waals surface area contributed by atoms with Gasteiger partial charge in [-0.15, -0.1) is 0 Å². The van der Waals surface area contributed by atoms with Gasteiger partial charge in [-0.3, -0.25) is 4.79 Å². The number of aromatic nitrogens is 2. The first-order valence-electron chi connectivity index (χ1n) is 12.5. The van der Waals surface area contributed by atoms with Gasteiger partial charge in [0.15, 0.2) is 0 Å². The number of carbonyl (C=O) groups excluding carboxylic acids is 1. The van der Waals surface area contributed by atoms with E-state index in [1.54, 1.807) is 17.0 Å². The molecule has 8 heteroatoms. The molecule has 35 heavy (non-hydrogen) atoms. The zero-order valence-corrected chi connectivity index (χ0v) is 19.8. The maximum absolute atomic E-state index is 14.3. The van der Waals surface area contributed by atoms with Crippen molar-refractivity contribution in [3.63, 3.8) is 0 Å². The summed E-state index contributed by atoms with van der Waals surface area (Å²) >= 11 is 0. The molecule has 1 aromatic carbocycles. The average molecular weight is 481 g/mol. The molecule has 2 bridgehead atoms. The van der Waals surface area contributed by atoms with Gasteiger partial charge in [0.1, 0.15) is 18.1 Å². The first-order chi connectivity index (χ1) is 16.9. The number of carbonyl (C=O) groups is 1. The van der Waals surface area contributed by atoms with Crippen molar-refractivity contribution in [3.05, 3.63) is 53.6 Å². The number of rotatable bonds is 10. The second-order valence-corrected chi connectivity index (χ2v) is 10.6. The van der Waals surface area contributed by atoms with E-state index in [0.29, 0.717) is 23.7 Å². The molecule has 0 spiro atoms. The second kappa shape index (κ2) is 9.52. The Hall–Kier alpha value is -3.08. The highest BCUT2D eigenvalue weighted by atomic mass is 19.1. The minimum absolute atomic E-state index is 0.0657. The molecule has 0 N–H and O–H groups in total. The molecule has 1 aliphatic heterocycles. The predicted octanol–water partition coefficient (Wildman–Crippen LogP) is 5.30. The van der Waals surface area contributed by atoms with Gasteiger partial charge in [0.25, 0.3) is 0 Å². The minimum atomic E-state index is -1.05. The monoisotopic (exact) mass is 480 g/mol. The van der Waals surface area contributed by atoms with Crippen LogP contribution in [0.25, 0.3) is 0 Å². The molecule has 184 valence electrons. The lowest BCUT2D eigenvalue weighted by molar-refractivity contribution is -0.220. The van der Waals surface area contributed by atoms with Crippen LogP contribution < -0.4 is 4.74 Å². The van der Waals surface area contributed by atoms with E-state index in [0.717, 1.165) is 51.4 Å². The van der Waals surface area contributed by atoms with Gasteiger partial charge in [-0.2, -0.15) is 5.26 Å². The Labute approximate surface area is 204 Å². The molecule has 2 aromatic rings. The fraction of sp³-hybridized carbons (Fsp3) is 0.556. The molecule has 2 heterocycles. The molecule has 0 radical (unpaired) electrons. The van der Waals surface area contributed by atoms with Gasteiger partial charge in [-0.05, 0) is 55.2 Å². The number of nitriles is 1. The van der Waals surface area contributed by atoms with Gasteiger partial charge in [-0.1, -0.05) is 31.4 Å². The lowest BCUT2D eigenvalue weighted by Crippen LogP contribution is -2.68. The number of halogens is 2. The smallest absolute Gasteiger partial charge is 0.316 e. The Balaban J connectivity index is 1.02. The summed E-state index contributed by atoms with van der Waals surface area (Å²) < 4.78 is 33.5. The first-order valence-corrected chi connectivity index (χ1v) is 12.5. The van der Waals surface area contributed by atoms with E-state index in [9.17, 15) is 13.6 Å². The molecule has 1 aromatic heterocycles. The molecule has 6 rings (SSSR count). The molecule has 1 amide bonds. The van der Waals surface area contributed by atoms with Crippen molar-refractivity contribution < 1.29 is 18.3 Å². The van der Waals surface area contributed by atoms with Crippen LogP contribution in [0.5, 0.6) is 6.01 Å². The molecule has 4 aliphatic rings. The Morgan fingerprint density at radius 1 is 1.17 bits per heavy atom. The van der Waals surface area contributed by atoms with Crippen LogP contribution in [0.2, 0.25) is 0 Å². The van der Waals surface area contributed by atoms with E-state index in [1.165, 1.54) is 24.5 Å². The number of nitrogens with zero attached hydrogens (tertiary/aromatic N) is 4. The van der Waals surface area contributed by atoms with Gasteiger partial charge in [0.05, 0.1) is 42.6 Å². The van der Waals surface area contributed by atoms with Crippen molar-refractivity contribution in [2.24, 2.45) is 10.8 Å². The molecule has 1 saturated heterocycles. The van der Waals surface area contributed by atoms with E-state index in [1.807, 2.05) is 6.07 Å². The van der Waals surface area contributed by atoms with Crippen LogP contribution in [-0.2, 0) is 4.79 Å². The summed E-state index contributed by atoms with van der Waals surface area (Å²) in [6, 6.07) is 8.12. The number of amides is 1. The van der Waals surface area contributed by atoms with Crippen molar-refractivity contribution in [1.29, 1.82) is 5.26 Å². The highest BCUT2D eigenvalue weighted by Crippen LogP contribution is 2.76. The van der Waals surface area contributed by atoms with Crippen molar-refractivity contribution in [3.8, 4) is 12.1 Å². The minimum Gasteiger partial charge on any atom is -0.463 e. The second-order valence-electron chi connectivity index (χ2n) is 10.6. The molecule has 6 nitrogen and oxygen atoms in total. The van der Waals surface area contributed by atoms with Crippen LogP contribution in [0.1, 0.15) is 75.0 Å². The third-order valence-corrected chi connectivity index (χ3v) is 7.93. The lowest BCUT2D eigenvalue weighted by atomic mass is 9.33. The van der Waals surface area contributed by atoms with Crippen LogP contribution in [0.3, 0.4) is 0 Å². The van der Waals surface area contributed by atoms with E-state index >= 15 is 0 Å². The zero-order chi connectivity index (χ0) is 24.5. The van der Waals surface area contributed by atoms with E-state index < -0.39 is 6.17 Å². The molecule has 4 fully saturated rings. The van der Waals surface area contributed by atoms with E-state index in [-0.39, 0.29) is 41.6 Å². The summed E-state index contributed by atoms with van der Waals surface area (Å²) in [5.41, 5.74) is 1.07. The fourth-order valence-corrected chi connectivity index (χ4v) is 6.40. The highest BCUT2D eigenvalue weighted by molar-refractivity contribution is 5.87. The van der Waals surface area contributed by atoms with Crippen molar-refractivity contribution in [2.45, 2.75) is 70.0 Å². The van der Waals surface area contributed by atoms with Gasteiger partial charge in [0.2, 0.25) is 5.91 Å². The van der Waals surface area contributed by atoms with Crippen LogP contribution in [0, 0.1) is 28.0 Å². The van der Waals surface area contributed by atoms with E-state index in [2.05, 4.69) is 9.97 Å². The summed E-state index contributed by atoms with van der Waals surface area (Å²) in [7, 11) is 0. The topological polar surface area (TPSA) is 79.1 Å². The predicted molar refractivity (Wildman–Crippen MR) is 124 cm³/mol. The Morgan fingerprint density at radius 3 is 2.63 bits per heavy atom. The number of hydrogen-bond donors (Lipinski definition) is 0. The molecule has 2 atom stereocenters.